The molecule has 0 radical (unpaired) electrons. The average molecular weight is 457 g/mol. The Morgan fingerprint density at radius 2 is 2.06 bits per heavy atom. The Morgan fingerprint density at radius 1 is 1.23 bits per heavy atom. The molecule has 1 saturated carbocycles. The van der Waals surface area contributed by atoms with Crippen LogP contribution in [0.3, 0.4) is 0 Å². The maximum Gasteiger partial charge on any atom is 0.254 e. The molecule has 5 rings (SSSR count). The van der Waals surface area contributed by atoms with Crippen molar-refractivity contribution < 1.29 is 9.18 Å². The molecule has 0 atom stereocenters. The number of hydrogen-bond acceptors (Lipinski definition) is 6. The number of halogens is 2. The van der Waals surface area contributed by atoms with Crippen molar-refractivity contribution in [2.24, 2.45) is 0 Å². The first-order chi connectivity index (χ1) is 15.1. The highest BCUT2D eigenvalue weighted by Crippen LogP contribution is 2.33. The zero-order chi connectivity index (χ0) is 21.4. The third-order valence-corrected chi connectivity index (χ3v) is 6.42. The zero-order valence-electron chi connectivity index (χ0n) is 16.3. The summed E-state index contributed by atoms with van der Waals surface area (Å²) >= 11 is 7.60. The second-order valence-corrected chi connectivity index (χ2v) is 8.59. The molecule has 2 heterocycles. The molecule has 31 heavy (non-hydrogen) atoms. The van der Waals surface area contributed by atoms with E-state index < -0.39 is 11.7 Å². The predicted molar refractivity (Wildman–Crippen MR) is 119 cm³/mol. The fourth-order valence-corrected chi connectivity index (χ4v) is 4.62. The number of fused-ring (bicyclic) bond motifs is 1. The number of hydrogen-bond donors (Lipinski definition) is 3. The molecule has 0 bridgehead atoms. The quantitative estimate of drug-likeness (QED) is 0.379. The molecule has 1 fully saturated rings. The first-order valence-corrected chi connectivity index (χ1v) is 11.1. The summed E-state index contributed by atoms with van der Waals surface area (Å²) in [6.07, 6.45) is 5.70. The van der Waals surface area contributed by atoms with Gasteiger partial charge in [0.05, 0.1) is 28.0 Å². The fourth-order valence-electron chi connectivity index (χ4n) is 3.76. The van der Waals surface area contributed by atoms with E-state index in [9.17, 15) is 9.18 Å². The summed E-state index contributed by atoms with van der Waals surface area (Å²) in [4.78, 5) is 17.0. The molecule has 158 valence electrons. The van der Waals surface area contributed by atoms with Gasteiger partial charge in [-0.25, -0.2) is 4.39 Å². The maximum atomic E-state index is 14.3. The molecule has 7 nitrogen and oxygen atoms in total. The molecule has 0 saturated heterocycles. The van der Waals surface area contributed by atoms with Crippen LogP contribution >= 0.6 is 23.1 Å². The van der Waals surface area contributed by atoms with E-state index in [1.54, 1.807) is 12.3 Å². The van der Waals surface area contributed by atoms with Crippen molar-refractivity contribution in [2.45, 2.75) is 31.7 Å². The number of H-pyrrole nitrogens is 1. The summed E-state index contributed by atoms with van der Waals surface area (Å²) in [5.41, 5.74) is 2.08. The Hall–Kier alpha value is -3.04. The van der Waals surface area contributed by atoms with Crippen LogP contribution in [0.25, 0.3) is 22.3 Å². The molecule has 2 aromatic heterocycles. The van der Waals surface area contributed by atoms with E-state index in [0.717, 1.165) is 48.1 Å². The van der Waals surface area contributed by atoms with Crippen LogP contribution in [0.15, 0.2) is 36.5 Å². The van der Waals surface area contributed by atoms with Crippen molar-refractivity contribution in [3.63, 3.8) is 0 Å². The zero-order valence-corrected chi connectivity index (χ0v) is 17.9. The number of nitrogens with one attached hydrogen (secondary N) is 3. The number of carbonyl (C=O) groups is 1. The van der Waals surface area contributed by atoms with Crippen molar-refractivity contribution in [2.75, 3.05) is 5.32 Å². The van der Waals surface area contributed by atoms with E-state index in [4.69, 9.17) is 11.6 Å². The van der Waals surface area contributed by atoms with Crippen LogP contribution in [-0.4, -0.2) is 31.5 Å². The highest BCUT2D eigenvalue weighted by Gasteiger charge is 2.21. The SMILES string of the molecule is O=C(NC1CCCC1)c1cc(-c2nsc(Nc3ccc4[nH]ncc4c3Cl)n2)ccc1F. The molecule has 2 aromatic carbocycles. The Morgan fingerprint density at radius 3 is 2.90 bits per heavy atom. The van der Waals surface area contributed by atoms with Crippen LogP contribution in [0.4, 0.5) is 15.2 Å². The number of benzene rings is 2. The predicted octanol–water partition coefficient (Wildman–Crippen LogP) is 5.29. The van der Waals surface area contributed by atoms with Gasteiger partial charge in [-0.05, 0) is 43.2 Å². The molecule has 1 amide bonds. The summed E-state index contributed by atoms with van der Waals surface area (Å²) in [7, 11) is 0. The summed E-state index contributed by atoms with van der Waals surface area (Å²) in [6, 6.07) is 8.15. The molecule has 1 aliphatic rings. The van der Waals surface area contributed by atoms with E-state index in [-0.39, 0.29) is 11.6 Å². The van der Waals surface area contributed by atoms with Crippen LogP contribution in [0.1, 0.15) is 36.0 Å². The summed E-state index contributed by atoms with van der Waals surface area (Å²) in [5.74, 6) is -0.559. The normalized spacial score (nSPS) is 14.3. The highest BCUT2D eigenvalue weighted by molar-refractivity contribution is 7.10. The van der Waals surface area contributed by atoms with Crippen molar-refractivity contribution >= 4 is 50.8 Å². The standard InChI is InChI=1S/C21H18ClFN6OS/c22-18-14-10-24-28-16(14)7-8-17(18)26-21-27-19(29-31-21)11-5-6-15(23)13(9-11)20(30)25-12-3-1-2-4-12/h5-10,12H,1-4H2,(H,24,28)(H,25,30)(H,26,27,29). The lowest BCUT2D eigenvalue weighted by atomic mass is 10.1. The monoisotopic (exact) mass is 456 g/mol. The number of carbonyl (C=O) groups excluding carboxylic acids is 1. The molecule has 4 aromatic rings. The van der Waals surface area contributed by atoms with Crippen LogP contribution in [0, 0.1) is 5.82 Å². The first-order valence-electron chi connectivity index (χ1n) is 9.91. The lowest BCUT2D eigenvalue weighted by Crippen LogP contribution is -2.33. The third-order valence-electron chi connectivity index (χ3n) is 5.39. The summed E-state index contributed by atoms with van der Waals surface area (Å²) in [5, 5.41) is 14.8. The van der Waals surface area contributed by atoms with Gasteiger partial charge in [0, 0.05) is 28.5 Å². The minimum Gasteiger partial charge on any atom is -0.349 e. The van der Waals surface area contributed by atoms with Gasteiger partial charge in [-0.3, -0.25) is 9.89 Å². The van der Waals surface area contributed by atoms with E-state index in [1.165, 1.54) is 12.1 Å². The van der Waals surface area contributed by atoms with Gasteiger partial charge in [-0.15, -0.1) is 0 Å². The summed E-state index contributed by atoms with van der Waals surface area (Å²) in [6.45, 7) is 0. The largest absolute Gasteiger partial charge is 0.349 e. The van der Waals surface area contributed by atoms with Crippen LogP contribution < -0.4 is 10.6 Å². The number of amides is 1. The first kappa shape index (κ1) is 19.9. The van der Waals surface area contributed by atoms with Crippen molar-refractivity contribution in [3.8, 4) is 11.4 Å². The molecule has 0 unspecified atom stereocenters. The van der Waals surface area contributed by atoms with Crippen LogP contribution in [0.2, 0.25) is 5.02 Å². The maximum absolute atomic E-state index is 14.3. The Kier molecular flexibility index (Phi) is 5.29. The van der Waals surface area contributed by atoms with Gasteiger partial charge in [0.15, 0.2) is 5.82 Å². The third kappa shape index (κ3) is 3.98. The van der Waals surface area contributed by atoms with E-state index >= 15 is 0 Å². The second kappa shape index (κ2) is 8.24. The van der Waals surface area contributed by atoms with E-state index in [2.05, 4.69) is 30.2 Å². The van der Waals surface area contributed by atoms with Gasteiger partial charge >= 0.3 is 0 Å². The topological polar surface area (TPSA) is 95.6 Å². The average Bonchev–Trinajstić information content (AvgIpc) is 3.52. The molecule has 1 aliphatic carbocycles. The van der Waals surface area contributed by atoms with Gasteiger partial charge in [0.2, 0.25) is 5.13 Å². The molecular weight excluding hydrogens is 439 g/mol. The minimum atomic E-state index is -0.562. The van der Waals surface area contributed by atoms with Crippen LogP contribution in [-0.2, 0) is 0 Å². The van der Waals surface area contributed by atoms with Gasteiger partial charge in [-0.1, -0.05) is 24.4 Å². The number of aromatic amines is 1. The van der Waals surface area contributed by atoms with E-state index in [0.29, 0.717) is 27.2 Å². The van der Waals surface area contributed by atoms with E-state index in [1.807, 2.05) is 12.1 Å². The van der Waals surface area contributed by atoms with Crippen LogP contribution in [0.5, 0.6) is 0 Å². The number of rotatable bonds is 5. The highest BCUT2D eigenvalue weighted by atomic mass is 35.5. The summed E-state index contributed by atoms with van der Waals surface area (Å²) < 4.78 is 18.7. The molecule has 3 N–H and O–H groups in total. The fraction of sp³-hybridized carbons (Fsp3) is 0.238. The van der Waals surface area contributed by atoms with Gasteiger partial charge < -0.3 is 10.6 Å². The Labute approximate surface area is 186 Å². The van der Waals surface area contributed by atoms with Crippen molar-refractivity contribution in [1.82, 2.24) is 24.9 Å². The lowest BCUT2D eigenvalue weighted by molar-refractivity contribution is 0.0934. The Balaban J connectivity index is 1.37. The van der Waals surface area contributed by atoms with Gasteiger partial charge in [0.1, 0.15) is 5.82 Å². The number of aromatic nitrogens is 4. The lowest BCUT2D eigenvalue weighted by Gasteiger charge is -2.12. The second-order valence-electron chi connectivity index (χ2n) is 7.46. The van der Waals surface area contributed by atoms with Crippen molar-refractivity contribution in [3.05, 3.63) is 52.9 Å². The number of anilines is 2. The van der Waals surface area contributed by atoms with Crippen molar-refractivity contribution in [1.29, 1.82) is 0 Å². The molecule has 0 spiro atoms. The van der Waals surface area contributed by atoms with Gasteiger partial charge in [0.25, 0.3) is 5.91 Å². The van der Waals surface area contributed by atoms with Gasteiger partial charge in [-0.2, -0.15) is 14.5 Å². The Bertz CT molecular complexity index is 1270. The number of nitrogens with zero attached hydrogens (tertiary/aromatic N) is 3. The molecule has 0 aliphatic heterocycles. The smallest absolute Gasteiger partial charge is 0.254 e. The molecule has 10 heteroatoms. The minimum absolute atomic E-state index is 0.00200. The molecular formula is C21H18ClFN6OS.